The molecule has 6 atom stereocenters. The van der Waals surface area contributed by atoms with Gasteiger partial charge in [0.1, 0.15) is 6.67 Å². The molecule has 1 aromatic carbocycles. The van der Waals surface area contributed by atoms with Crippen LogP contribution in [0.4, 0.5) is 5.69 Å². The van der Waals surface area contributed by atoms with Gasteiger partial charge in [-0.3, -0.25) is 24.2 Å². The molecule has 134 valence electrons. The van der Waals surface area contributed by atoms with Crippen LogP contribution in [0.5, 0.6) is 0 Å². The van der Waals surface area contributed by atoms with E-state index in [0.29, 0.717) is 11.8 Å². The molecule has 4 aliphatic carbocycles. The van der Waals surface area contributed by atoms with Crippen molar-refractivity contribution in [3.8, 4) is 0 Å². The number of carbonyl (C=O) groups excluding carboxylic acids is 3. The number of carbonyl (C=O) groups is 3. The number of likely N-dealkylation sites (tertiary alicyclic amines) is 1. The summed E-state index contributed by atoms with van der Waals surface area (Å²) in [7, 11) is 0. The van der Waals surface area contributed by atoms with E-state index in [2.05, 4.69) is 12.2 Å². The van der Waals surface area contributed by atoms with Crippen molar-refractivity contribution in [1.29, 1.82) is 0 Å². The summed E-state index contributed by atoms with van der Waals surface area (Å²) >= 11 is 0. The van der Waals surface area contributed by atoms with Crippen LogP contribution in [0.2, 0.25) is 0 Å². The zero-order chi connectivity index (χ0) is 18.2. The molecule has 0 N–H and O–H groups in total. The molecule has 3 fully saturated rings. The van der Waals surface area contributed by atoms with Gasteiger partial charge >= 0.3 is 0 Å². The maximum Gasteiger partial charge on any atom is 0.235 e. The normalized spacial score (nSPS) is 36.2. The smallest absolute Gasteiger partial charge is 0.235 e. The molecule has 0 radical (unpaired) electrons. The average Bonchev–Trinajstić information content (AvgIpc) is 3.39. The molecule has 0 aromatic heterocycles. The zero-order valence-electron chi connectivity index (χ0n) is 15.0. The summed E-state index contributed by atoms with van der Waals surface area (Å²) < 4.78 is 0. The van der Waals surface area contributed by atoms with Gasteiger partial charge < -0.3 is 0 Å². The van der Waals surface area contributed by atoms with Crippen molar-refractivity contribution < 1.29 is 14.4 Å². The number of nitrogens with zero attached hydrogens (tertiary/aromatic N) is 2. The maximum atomic E-state index is 13.1. The van der Waals surface area contributed by atoms with Gasteiger partial charge in [-0.1, -0.05) is 24.3 Å². The molecule has 1 aromatic rings. The van der Waals surface area contributed by atoms with Crippen LogP contribution in [-0.4, -0.2) is 29.3 Å². The Hall–Kier alpha value is -2.43. The average molecular weight is 350 g/mol. The number of amides is 3. The lowest BCUT2D eigenvalue weighted by atomic mass is 9.63. The summed E-state index contributed by atoms with van der Waals surface area (Å²) in [4.78, 5) is 41.3. The number of allylic oxidation sites excluding steroid dienone is 2. The molecule has 3 amide bonds. The Morgan fingerprint density at radius 1 is 1.12 bits per heavy atom. The molecular formula is C21H22N2O3. The van der Waals surface area contributed by atoms with E-state index in [4.69, 9.17) is 0 Å². The van der Waals surface area contributed by atoms with Crippen LogP contribution in [0.25, 0.3) is 0 Å². The predicted octanol–water partition coefficient (Wildman–Crippen LogP) is 2.36. The van der Waals surface area contributed by atoms with Crippen molar-refractivity contribution in [1.82, 2.24) is 4.90 Å². The second-order valence-electron chi connectivity index (χ2n) is 8.19. The first-order valence-corrected chi connectivity index (χ1v) is 9.35. The highest BCUT2D eigenvalue weighted by atomic mass is 16.2. The maximum absolute atomic E-state index is 13.1. The van der Waals surface area contributed by atoms with Crippen LogP contribution in [0.15, 0.2) is 36.4 Å². The second kappa shape index (κ2) is 5.29. The second-order valence-corrected chi connectivity index (χ2v) is 8.19. The van der Waals surface area contributed by atoms with Crippen LogP contribution in [0, 0.1) is 42.4 Å². The van der Waals surface area contributed by atoms with E-state index >= 15 is 0 Å². The third-order valence-corrected chi connectivity index (χ3v) is 6.73. The summed E-state index contributed by atoms with van der Waals surface area (Å²) in [6, 6.07) is 7.58. The van der Waals surface area contributed by atoms with E-state index in [-0.39, 0.29) is 48.1 Å². The number of aryl methyl sites for hydroxylation is 1. The Morgan fingerprint density at radius 2 is 1.73 bits per heavy atom. The van der Waals surface area contributed by atoms with Gasteiger partial charge in [-0.05, 0) is 54.7 Å². The number of imide groups is 1. The highest BCUT2D eigenvalue weighted by Gasteiger charge is 2.67. The van der Waals surface area contributed by atoms with Crippen LogP contribution in [0.1, 0.15) is 18.9 Å². The first-order valence-electron chi connectivity index (χ1n) is 9.35. The van der Waals surface area contributed by atoms with Crippen molar-refractivity contribution in [3.05, 3.63) is 42.0 Å². The predicted molar refractivity (Wildman–Crippen MR) is 95.8 cm³/mol. The van der Waals surface area contributed by atoms with Crippen molar-refractivity contribution in [2.45, 2.75) is 20.3 Å². The Labute approximate surface area is 152 Å². The summed E-state index contributed by atoms with van der Waals surface area (Å²) in [6.07, 6.45) is 5.48. The Balaban J connectivity index is 1.45. The fourth-order valence-electron chi connectivity index (χ4n) is 5.46. The van der Waals surface area contributed by atoms with Gasteiger partial charge in [0.05, 0.1) is 11.8 Å². The molecular weight excluding hydrogens is 328 g/mol. The lowest BCUT2D eigenvalue weighted by Gasteiger charge is -2.37. The number of hydrogen-bond acceptors (Lipinski definition) is 3. The molecule has 0 unspecified atom stereocenters. The number of anilines is 1. The monoisotopic (exact) mass is 350 g/mol. The standard InChI is InChI=1S/C21H22N2O3/c1-11-4-3-5-13(8-11)22(12(2)24)10-23-20(25)18-14-6-7-15(17-9-16(14)17)19(18)21(23)26/h3-8,14-19H,9-10H2,1-2H3/t14-,15-,16-,17-,18-,19+/m1/s1. The minimum atomic E-state index is -0.215. The zero-order valence-corrected chi connectivity index (χ0v) is 15.0. The Kier molecular flexibility index (Phi) is 3.21. The SMILES string of the molecule is CC(=O)N(CN1C(=O)[C@@H]2[C@@H]3C=C[C@H]([C@H]4C[C@H]34)[C@@H]2C1=O)c1cccc(C)c1. The van der Waals surface area contributed by atoms with Crippen LogP contribution >= 0.6 is 0 Å². The molecule has 1 saturated heterocycles. The summed E-state index contributed by atoms with van der Waals surface area (Å²) in [5, 5.41) is 0. The van der Waals surface area contributed by atoms with E-state index < -0.39 is 0 Å². The summed E-state index contributed by atoms with van der Waals surface area (Å²) in [6.45, 7) is 3.44. The fourth-order valence-corrected chi connectivity index (χ4v) is 5.46. The first kappa shape index (κ1) is 15.8. The van der Waals surface area contributed by atoms with Gasteiger partial charge in [0.2, 0.25) is 17.7 Å². The molecule has 1 aliphatic heterocycles. The molecule has 2 saturated carbocycles. The third kappa shape index (κ3) is 2.06. The topological polar surface area (TPSA) is 57.7 Å². The van der Waals surface area contributed by atoms with Crippen molar-refractivity contribution >= 4 is 23.4 Å². The summed E-state index contributed by atoms with van der Waals surface area (Å²) in [5.41, 5.74) is 1.75. The fraction of sp³-hybridized carbons (Fsp3) is 0.476. The molecule has 5 heteroatoms. The van der Waals surface area contributed by atoms with Crippen molar-refractivity contribution in [3.63, 3.8) is 0 Å². The van der Waals surface area contributed by atoms with E-state index in [1.54, 1.807) is 0 Å². The highest BCUT2D eigenvalue weighted by molar-refractivity contribution is 6.07. The molecule has 2 bridgehead atoms. The lowest BCUT2D eigenvalue weighted by molar-refractivity contribution is -0.140. The van der Waals surface area contributed by atoms with E-state index in [1.165, 1.54) is 16.7 Å². The van der Waals surface area contributed by atoms with E-state index in [0.717, 1.165) is 17.7 Å². The molecule has 5 aliphatic rings. The number of rotatable bonds is 3. The molecule has 6 rings (SSSR count). The Bertz CT molecular complexity index is 825. The minimum absolute atomic E-state index is 0.0121. The van der Waals surface area contributed by atoms with Gasteiger partial charge in [0, 0.05) is 12.6 Å². The minimum Gasteiger partial charge on any atom is -0.294 e. The number of hydrogen-bond donors (Lipinski definition) is 0. The summed E-state index contributed by atoms with van der Waals surface area (Å²) in [5.74, 6) is 0.803. The largest absolute Gasteiger partial charge is 0.294 e. The van der Waals surface area contributed by atoms with Gasteiger partial charge in [-0.2, -0.15) is 0 Å². The van der Waals surface area contributed by atoms with Crippen LogP contribution in [-0.2, 0) is 14.4 Å². The quantitative estimate of drug-likeness (QED) is 0.621. The van der Waals surface area contributed by atoms with Crippen LogP contribution in [0.3, 0.4) is 0 Å². The lowest BCUT2D eigenvalue weighted by Crippen LogP contribution is -2.44. The molecule has 5 nitrogen and oxygen atoms in total. The molecule has 0 spiro atoms. The van der Waals surface area contributed by atoms with Gasteiger partial charge in [0.25, 0.3) is 0 Å². The van der Waals surface area contributed by atoms with Crippen molar-refractivity contribution in [2.24, 2.45) is 35.5 Å². The van der Waals surface area contributed by atoms with Crippen LogP contribution < -0.4 is 4.90 Å². The highest BCUT2D eigenvalue weighted by Crippen LogP contribution is 2.65. The van der Waals surface area contributed by atoms with Gasteiger partial charge in [-0.15, -0.1) is 0 Å². The third-order valence-electron chi connectivity index (χ3n) is 6.73. The molecule has 1 heterocycles. The van der Waals surface area contributed by atoms with E-state index in [9.17, 15) is 14.4 Å². The van der Waals surface area contributed by atoms with E-state index in [1.807, 2.05) is 31.2 Å². The molecule has 26 heavy (non-hydrogen) atoms. The van der Waals surface area contributed by atoms with Crippen molar-refractivity contribution in [2.75, 3.05) is 11.6 Å². The van der Waals surface area contributed by atoms with Gasteiger partial charge in [0.15, 0.2) is 0 Å². The first-order chi connectivity index (χ1) is 12.5. The Morgan fingerprint density at radius 3 is 2.27 bits per heavy atom. The van der Waals surface area contributed by atoms with Gasteiger partial charge in [-0.25, -0.2) is 0 Å². The number of benzene rings is 1.